The lowest BCUT2D eigenvalue weighted by atomic mass is 10.2. The number of rotatable bonds is 4. The van der Waals surface area contributed by atoms with Gasteiger partial charge >= 0.3 is 0 Å². The van der Waals surface area contributed by atoms with E-state index in [1.54, 1.807) is 49.4 Å². The second-order valence-electron chi connectivity index (χ2n) is 5.47. The number of fused-ring (bicyclic) bond motifs is 1. The molecule has 0 saturated carbocycles. The number of nitrogens with one attached hydrogen (secondary N) is 1. The first-order valence-corrected chi connectivity index (χ1v) is 7.44. The lowest BCUT2D eigenvalue weighted by Gasteiger charge is -2.10. The van der Waals surface area contributed by atoms with Gasteiger partial charge in [0.2, 0.25) is 5.91 Å². The number of imidazole rings is 1. The van der Waals surface area contributed by atoms with Crippen LogP contribution in [0.4, 0.5) is 5.69 Å². The average molecular weight is 336 g/mol. The fraction of sp³-hybridized carbons (Fsp3) is 0.118. The molecule has 8 nitrogen and oxygen atoms in total. The summed E-state index contributed by atoms with van der Waals surface area (Å²) < 4.78 is 1.71. The summed E-state index contributed by atoms with van der Waals surface area (Å²) in [7, 11) is 3.30. The Bertz CT molecular complexity index is 976. The maximum Gasteiger partial charge on any atom is 0.273 e. The summed E-state index contributed by atoms with van der Waals surface area (Å²) in [6.07, 6.45) is 5.75. The molecule has 0 aliphatic rings. The molecule has 0 aliphatic heterocycles. The highest BCUT2D eigenvalue weighted by Crippen LogP contribution is 2.21. The van der Waals surface area contributed by atoms with Crippen LogP contribution in [0.3, 0.4) is 0 Å². The van der Waals surface area contributed by atoms with E-state index < -0.39 is 0 Å². The fourth-order valence-corrected chi connectivity index (χ4v) is 2.27. The van der Waals surface area contributed by atoms with Crippen molar-refractivity contribution in [2.24, 2.45) is 0 Å². The molecule has 1 N–H and O–H groups in total. The van der Waals surface area contributed by atoms with Gasteiger partial charge in [-0.1, -0.05) is 6.58 Å². The van der Waals surface area contributed by atoms with Crippen molar-refractivity contribution >= 4 is 28.5 Å². The summed E-state index contributed by atoms with van der Waals surface area (Å²) in [5, 5.41) is 2.70. The number of hydrogen-bond donors (Lipinski definition) is 1. The van der Waals surface area contributed by atoms with E-state index >= 15 is 0 Å². The highest BCUT2D eigenvalue weighted by molar-refractivity contribution is 6.00. The van der Waals surface area contributed by atoms with Crippen molar-refractivity contribution in [1.29, 1.82) is 0 Å². The predicted molar refractivity (Wildman–Crippen MR) is 93.5 cm³/mol. The second-order valence-corrected chi connectivity index (χ2v) is 5.47. The van der Waals surface area contributed by atoms with Crippen LogP contribution in [-0.4, -0.2) is 50.3 Å². The first-order valence-electron chi connectivity index (χ1n) is 7.44. The second kappa shape index (κ2) is 6.52. The van der Waals surface area contributed by atoms with Crippen LogP contribution in [0.1, 0.15) is 10.5 Å². The van der Waals surface area contributed by atoms with Gasteiger partial charge in [-0.25, -0.2) is 9.97 Å². The topological polar surface area (TPSA) is 93.0 Å². The SMILES string of the molecule is C=CC(=O)Nc1ccc2ncn(-c3cncc(C(=O)N(C)C)n3)c2c1. The summed E-state index contributed by atoms with van der Waals surface area (Å²) in [4.78, 5) is 37.8. The zero-order valence-electron chi connectivity index (χ0n) is 13.8. The Morgan fingerprint density at radius 2 is 2.08 bits per heavy atom. The predicted octanol–water partition coefficient (Wildman–Crippen LogP) is 1.64. The van der Waals surface area contributed by atoms with Gasteiger partial charge in [-0.3, -0.25) is 19.1 Å². The van der Waals surface area contributed by atoms with E-state index in [9.17, 15) is 9.59 Å². The number of amides is 2. The van der Waals surface area contributed by atoms with Gasteiger partial charge in [-0.15, -0.1) is 0 Å². The summed E-state index contributed by atoms with van der Waals surface area (Å²) >= 11 is 0. The van der Waals surface area contributed by atoms with Gasteiger partial charge in [-0.2, -0.15) is 0 Å². The zero-order valence-corrected chi connectivity index (χ0v) is 13.8. The van der Waals surface area contributed by atoms with Crippen molar-refractivity contribution in [2.45, 2.75) is 0 Å². The van der Waals surface area contributed by atoms with E-state index in [-0.39, 0.29) is 17.5 Å². The molecule has 3 aromatic rings. The smallest absolute Gasteiger partial charge is 0.273 e. The minimum Gasteiger partial charge on any atom is -0.343 e. The molecule has 0 unspecified atom stereocenters. The first-order chi connectivity index (χ1) is 12.0. The van der Waals surface area contributed by atoms with Crippen LogP contribution < -0.4 is 5.32 Å². The van der Waals surface area contributed by atoms with Crippen LogP contribution in [0.25, 0.3) is 16.9 Å². The van der Waals surface area contributed by atoms with Crippen LogP contribution in [-0.2, 0) is 4.79 Å². The number of anilines is 1. The lowest BCUT2D eigenvalue weighted by molar-refractivity contribution is -0.111. The monoisotopic (exact) mass is 336 g/mol. The summed E-state index contributed by atoms with van der Waals surface area (Å²) in [5.74, 6) is -0.0797. The number of nitrogens with zero attached hydrogens (tertiary/aromatic N) is 5. The molecule has 1 aromatic carbocycles. The van der Waals surface area contributed by atoms with E-state index in [1.165, 1.54) is 17.2 Å². The van der Waals surface area contributed by atoms with E-state index in [0.717, 1.165) is 11.0 Å². The molecule has 0 radical (unpaired) electrons. The largest absolute Gasteiger partial charge is 0.343 e. The fourth-order valence-electron chi connectivity index (χ4n) is 2.27. The number of carbonyl (C=O) groups excluding carboxylic acids is 2. The molecule has 0 atom stereocenters. The van der Waals surface area contributed by atoms with Gasteiger partial charge in [0.05, 0.1) is 23.4 Å². The number of aromatic nitrogens is 4. The van der Waals surface area contributed by atoms with Crippen molar-refractivity contribution in [3.63, 3.8) is 0 Å². The third-order valence-electron chi connectivity index (χ3n) is 3.49. The quantitative estimate of drug-likeness (QED) is 0.731. The minimum absolute atomic E-state index is 0.237. The van der Waals surface area contributed by atoms with Crippen LogP contribution in [0.15, 0.2) is 49.6 Å². The molecule has 126 valence electrons. The number of hydrogen-bond acceptors (Lipinski definition) is 5. The molecule has 2 aromatic heterocycles. The highest BCUT2D eigenvalue weighted by atomic mass is 16.2. The average Bonchev–Trinajstić information content (AvgIpc) is 3.04. The van der Waals surface area contributed by atoms with Crippen LogP contribution in [0.5, 0.6) is 0 Å². The Hall–Kier alpha value is -3.55. The molecule has 0 spiro atoms. The lowest BCUT2D eigenvalue weighted by Crippen LogP contribution is -2.23. The molecule has 3 rings (SSSR count). The van der Waals surface area contributed by atoms with E-state index in [4.69, 9.17) is 0 Å². The molecule has 2 amide bonds. The minimum atomic E-state index is -0.302. The van der Waals surface area contributed by atoms with E-state index in [0.29, 0.717) is 11.5 Å². The Morgan fingerprint density at radius 3 is 2.80 bits per heavy atom. The van der Waals surface area contributed by atoms with Crippen LogP contribution in [0.2, 0.25) is 0 Å². The Labute approximate surface area is 143 Å². The maximum absolute atomic E-state index is 12.1. The molecule has 25 heavy (non-hydrogen) atoms. The summed E-state index contributed by atoms with van der Waals surface area (Å²) in [6.45, 7) is 3.43. The Balaban J connectivity index is 2.05. The van der Waals surface area contributed by atoms with Crippen LogP contribution in [0, 0.1) is 0 Å². The van der Waals surface area contributed by atoms with Crippen molar-refractivity contribution in [2.75, 3.05) is 19.4 Å². The van der Waals surface area contributed by atoms with Crippen molar-refractivity contribution in [3.05, 3.63) is 55.3 Å². The molecule has 0 bridgehead atoms. The summed E-state index contributed by atoms with van der Waals surface area (Å²) in [5.41, 5.74) is 2.29. The van der Waals surface area contributed by atoms with Gasteiger partial charge in [0, 0.05) is 19.8 Å². The van der Waals surface area contributed by atoms with Crippen LogP contribution >= 0.6 is 0 Å². The summed E-state index contributed by atoms with van der Waals surface area (Å²) in [6, 6.07) is 5.30. The third kappa shape index (κ3) is 3.23. The number of carbonyl (C=O) groups is 2. The standard InChI is InChI=1S/C17H16N6O2/c1-4-16(24)20-11-5-6-12-14(7-11)23(10-19-12)15-9-18-8-13(21-15)17(25)22(2)3/h4-10H,1H2,2-3H3,(H,20,24). The first kappa shape index (κ1) is 16.3. The van der Waals surface area contributed by atoms with Gasteiger partial charge in [0.25, 0.3) is 5.91 Å². The van der Waals surface area contributed by atoms with Gasteiger partial charge in [-0.05, 0) is 24.3 Å². The molecule has 0 fully saturated rings. The molecular weight excluding hydrogens is 320 g/mol. The number of benzene rings is 1. The normalized spacial score (nSPS) is 10.5. The van der Waals surface area contributed by atoms with Gasteiger partial charge < -0.3 is 10.2 Å². The molecular formula is C17H16N6O2. The van der Waals surface area contributed by atoms with Crippen molar-refractivity contribution < 1.29 is 9.59 Å². The maximum atomic E-state index is 12.1. The van der Waals surface area contributed by atoms with Gasteiger partial charge in [0.15, 0.2) is 5.82 Å². The Kier molecular flexibility index (Phi) is 4.25. The van der Waals surface area contributed by atoms with E-state index in [2.05, 4.69) is 26.8 Å². The molecule has 0 saturated heterocycles. The van der Waals surface area contributed by atoms with E-state index in [1.807, 2.05) is 0 Å². The van der Waals surface area contributed by atoms with Crippen molar-refractivity contribution in [1.82, 2.24) is 24.4 Å². The Morgan fingerprint density at radius 1 is 1.28 bits per heavy atom. The third-order valence-corrected chi connectivity index (χ3v) is 3.49. The zero-order chi connectivity index (χ0) is 18.0. The van der Waals surface area contributed by atoms with Crippen molar-refractivity contribution in [3.8, 4) is 5.82 Å². The molecule has 2 heterocycles. The highest BCUT2D eigenvalue weighted by Gasteiger charge is 2.13. The molecule has 0 aliphatic carbocycles. The van der Waals surface area contributed by atoms with Gasteiger partial charge in [0.1, 0.15) is 12.0 Å². The molecule has 8 heteroatoms.